The molecule has 0 aromatic heterocycles. The Morgan fingerprint density at radius 3 is 2.24 bits per heavy atom. The topological polar surface area (TPSA) is 44.8 Å². The lowest BCUT2D eigenvalue weighted by atomic mass is 10.3. The first-order chi connectivity index (χ1) is 8.01. The van der Waals surface area contributed by atoms with Gasteiger partial charge in [-0.3, -0.25) is 0 Å². The molecule has 0 aromatic rings. The van der Waals surface area contributed by atoms with Gasteiger partial charge in [0.2, 0.25) is 0 Å². The van der Waals surface area contributed by atoms with E-state index < -0.39 is 9.28 Å². The van der Waals surface area contributed by atoms with E-state index in [9.17, 15) is 4.79 Å². The van der Waals surface area contributed by atoms with Crippen LogP contribution in [-0.2, 0) is 18.4 Å². The lowest BCUT2D eigenvalue weighted by molar-refractivity contribution is -0.143. The van der Waals surface area contributed by atoms with Crippen LogP contribution in [0.1, 0.15) is 34.1 Å². The van der Waals surface area contributed by atoms with Crippen molar-refractivity contribution in [2.24, 2.45) is 0 Å². The summed E-state index contributed by atoms with van der Waals surface area (Å²) in [7, 11) is -1.57. The molecule has 0 spiro atoms. The molecule has 0 N–H and O–H groups in total. The molecule has 5 heteroatoms. The summed E-state index contributed by atoms with van der Waals surface area (Å²) in [6.07, 6.45) is 0.658. The van der Waals surface area contributed by atoms with Crippen LogP contribution < -0.4 is 0 Å². The smallest absolute Gasteiger partial charge is 0.333 e. The third-order valence-corrected chi connectivity index (χ3v) is 4.39. The van der Waals surface area contributed by atoms with E-state index in [1.54, 1.807) is 6.92 Å². The molecule has 0 radical (unpaired) electrons. The van der Waals surface area contributed by atoms with Gasteiger partial charge in [0.1, 0.15) is 0 Å². The Kier molecular flexibility index (Phi) is 9.02. The van der Waals surface area contributed by atoms with Gasteiger partial charge in [0.25, 0.3) is 0 Å². The first kappa shape index (κ1) is 16.3. The number of hydrogen-bond donors (Lipinski definition) is 0. The van der Waals surface area contributed by atoms with Crippen LogP contribution >= 0.6 is 0 Å². The van der Waals surface area contributed by atoms with Crippen molar-refractivity contribution in [2.45, 2.75) is 46.3 Å². The summed E-state index contributed by atoms with van der Waals surface area (Å²) in [6, 6.07) is 0.853. The Hall–Kier alpha value is -0.653. The fraction of sp³-hybridized carbons (Fsp3) is 0.750. The first-order valence-electron chi connectivity index (χ1n) is 6.10. The minimum atomic E-state index is -1.57. The number of carbonyl (C=O) groups excluding carboxylic acids is 1. The number of hydrogen-bond acceptors (Lipinski definition) is 4. The van der Waals surface area contributed by atoms with Gasteiger partial charge < -0.3 is 13.6 Å². The maximum atomic E-state index is 11.3. The van der Waals surface area contributed by atoms with E-state index in [0.717, 1.165) is 12.5 Å². The molecule has 1 atom stereocenters. The van der Waals surface area contributed by atoms with Gasteiger partial charge in [0, 0.05) is 18.8 Å². The summed E-state index contributed by atoms with van der Waals surface area (Å²) in [5.41, 5.74) is 0.431. The summed E-state index contributed by atoms with van der Waals surface area (Å²) in [6.45, 7) is 12.4. The number of ether oxygens (including phenoxy) is 1. The van der Waals surface area contributed by atoms with Crippen LogP contribution in [-0.4, -0.2) is 34.6 Å². The second-order valence-corrected chi connectivity index (χ2v) is 6.02. The van der Waals surface area contributed by atoms with Crippen molar-refractivity contribution in [1.29, 1.82) is 0 Å². The fourth-order valence-corrected chi connectivity index (χ4v) is 3.21. The lowest BCUT2D eigenvalue weighted by Gasteiger charge is -2.17. The Morgan fingerprint density at radius 1 is 1.29 bits per heavy atom. The van der Waals surface area contributed by atoms with E-state index in [1.165, 1.54) is 0 Å². The summed E-state index contributed by atoms with van der Waals surface area (Å²) in [5, 5.41) is 0. The molecule has 0 saturated carbocycles. The van der Waals surface area contributed by atoms with Gasteiger partial charge >= 0.3 is 15.3 Å². The largest absolute Gasteiger partial charge is 0.459 e. The highest BCUT2D eigenvalue weighted by Crippen LogP contribution is 2.09. The standard InChI is InChI=1S/C12H24O4Si/c1-6-14-17(15-7-2)9-8-11(5)16-12(13)10(3)4/h11,17H,3,6-9H2,1-2,4-5H3. The van der Waals surface area contributed by atoms with E-state index in [4.69, 9.17) is 13.6 Å². The van der Waals surface area contributed by atoms with Crippen molar-refractivity contribution < 1.29 is 18.4 Å². The van der Waals surface area contributed by atoms with Crippen LogP contribution in [0.2, 0.25) is 6.04 Å². The van der Waals surface area contributed by atoms with Crippen LogP contribution in [0.5, 0.6) is 0 Å². The molecular weight excluding hydrogens is 236 g/mol. The predicted molar refractivity (Wildman–Crippen MR) is 70.2 cm³/mol. The van der Waals surface area contributed by atoms with Gasteiger partial charge in [-0.2, -0.15) is 0 Å². The molecular formula is C12H24O4Si. The minimum Gasteiger partial charge on any atom is -0.459 e. The summed E-state index contributed by atoms with van der Waals surface area (Å²) >= 11 is 0. The zero-order valence-electron chi connectivity index (χ0n) is 11.3. The van der Waals surface area contributed by atoms with E-state index in [0.29, 0.717) is 18.8 Å². The van der Waals surface area contributed by atoms with Gasteiger partial charge in [-0.25, -0.2) is 4.79 Å². The van der Waals surface area contributed by atoms with Crippen molar-refractivity contribution in [1.82, 2.24) is 0 Å². The van der Waals surface area contributed by atoms with Gasteiger partial charge in [-0.15, -0.1) is 0 Å². The summed E-state index contributed by atoms with van der Waals surface area (Å²) in [4.78, 5) is 11.3. The highest BCUT2D eigenvalue weighted by atomic mass is 28.3. The molecule has 0 aliphatic heterocycles. The lowest BCUT2D eigenvalue weighted by Crippen LogP contribution is -2.25. The normalized spacial score (nSPS) is 12.5. The maximum absolute atomic E-state index is 11.3. The van der Waals surface area contributed by atoms with Crippen molar-refractivity contribution in [3.63, 3.8) is 0 Å². The van der Waals surface area contributed by atoms with E-state index in [2.05, 4.69) is 6.58 Å². The Balaban J connectivity index is 3.90. The molecule has 1 unspecified atom stereocenters. The maximum Gasteiger partial charge on any atom is 0.333 e. The molecule has 0 fully saturated rings. The molecule has 0 aliphatic rings. The van der Waals surface area contributed by atoms with Crippen molar-refractivity contribution in [2.75, 3.05) is 13.2 Å². The Bertz CT molecular complexity index is 237. The highest BCUT2D eigenvalue weighted by Gasteiger charge is 2.16. The van der Waals surface area contributed by atoms with Crippen molar-refractivity contribution >= 4 is 15.3 Å². The van der Waals surface area contributed by atoms with E-state index in [-0.39, 0.29) is 12.1 Å². The molecule has 0 aromatic carbocycles. The van der Waals surface area contributed by atoms with Crippen LogP contribution in [0.15, 0.2) is 12.2 Å². The molecule has 17 heavy (non-hydrogen) atoms. The van der Waals surface area contributed by atoms with Crippen molar-refractivity contribution in [3.05, 3.63) is 12.2 Å². The number of rotatable bonds is 9. The minimum absolute atomic E-state index is 0.116. The molecule has 4 nitrogen and oxygen atoms in total. The fourth-order valence-electron chi connectivity index (χ4n) is 1.30. The van der Waals surface area contributed by atoms with Gasteiger partial charge in [-0.05, 0) is 40.2 Å². The molecule has 100 valence electrons. The SMILES string of the molecule is C=C(C)C(=O)OC(C)CC[SiH](OCC)OCC. The molecule has 0 aliphatic carbocycles. The third-order valence-electron chi connectivity index (χ3n) is 2.17. The third kappa shape index (κ3) is 8.12. The van der Waals surface area contributed by atoms with Gasteiger partial charge in [0.15, 0.2) is 0 Å². The average Bonchev–Trinajstić information content (AvgIpc) is 2.26. The second kappa shape index (κ2) is 9.38. The molecule has 0 amide bonds. The van der Waals surface area contributed by atoms with E-state index >= 15 is 0 Å². The van der Waals surface area contributed by atoms with Crippen molar-refractivity contribution in [3.8, 4) is 0 Å². The monoisotopic (exact) mass is 260 g/mol. The zero-order chi connectivity index (χ0) is 13.3. The zero-order valence-corrected chi connectivity index (χ0v) is 12.5. The summed E-state index contributed by atoms with van der Waals surface area (Å²) in [5.74, 6) is -0.330. The van der Waals surface area contributed by atoms with Crippen LogP contribution in [0.4, 0.5) is 0 Å². The molecule has 0 heterocycles. The highest BCUT2D eigenvalue weighted by molar-refractivity contribution is 6.44. The molecule has 0 rings (SSSR count). The number of carbonyl (C=O) groups is 1. The van der Waals surface area contributed by atoms with Crippen LogP contribution in [0, 0.1) is 0 Å². The predicted octanol–water partition coefficient (Wildman–Crippen LogP) is 2.18. The Morgan fingerprint density at radius 2 is 1.82 bits per heavy atom. The Labute approximate surface area is 106 Å². The summed E-state index contributed by atoms with van der Waals surface area (Å²) < 4.78 is 16.3. The second-order valence-electron chi connectivity index (χ2n) is 3.91. The van der Waals surface area contributed by atoms with Gasteiger partial charge in [-0.1, -0.05) is 6.58 Å². The van der Waals surface area contributed by atoms with Crippen LogP contribution in [0.25, 0.3) is 0 Å². The molecule has 0 saturated heterocycles. The molecule has 0 bridgehead atoms. The quantitative estimate of drug-likeness (QED) is 0.362. The average molecular weight is 260 g/mol. The number of esters is 1. The van der Waals surface area contributed by atoms with Crippen LogP contribution in [0.3, 0.4) is 0 Å². The first-order valence-corrected chi connectivity index (χ1v) is 7.86. The van der Waals surface area contributed by atoms with E-state index in [1.807, 2.05) is 20.8 Å². The van der Waals surface area contributed by atoms with Gasteiger partial charge in [0.05, 0.1) is 6.10 Å².